The van der Waals surface area contributed by atoms with E-state index in [1.54, 1.807) is 0 Å². The molecule has 0 aromatic carbocycles. The van der Waals surface area contributed by atoms with Crippen molar-refractivity contribution in [2.45, 2.75) is 52.0 Å². The lowest BCUT2D eigenvalue weighted by atomic mass is 9.62. The largest absolute Gasteiger partial charge is 0.382 e. The summed E-state index contributed by atoms with van der Waals surface area (Å²) in [5.74, 6) is 0.409. The Hall–Kier alpha value is -2.07. The van der Waals surface area contributed by atoms with E-state index >= 15 is 0 Å². The second-order valence-electron chi connectivity index (χ2n) is 7.37. The summed E-state index contributed by atoms with van der Waals surface area (Å²) in [4.78, 5) is 12.8. The second kappa shape index (κ2) is 7.67. The number of fused-ring (bicyclic) bond motifs is 3. The molecule has 2 aliphatic carbocycles. The summed E-state index contributed by atoms with van der Waals surface area (Å²) in [6.45, 7) is 11.6. The highest BCUT2D eigenvalue weighted by atomic mass is 16.5. The number of allylic oxidation sites excluding steroid dienone is 4. The van der Waals surface area contributed by atoms with Crippen LogP contribution in [0, 0.1) is 5.92 Å². The minimum absolute atomic E-state index is 0.0871. The number of amides is 1. The van der Waals surface area contributed by atoms with E-state index < -0.39 is 5.54 Å². The molecule has 2 unspecified atom stereocenters. The van der Waals surface area contributed by atoms with E-state index in [1.165, 1.54) is 22.4 Å². The molecule has 2 N–H and O–H groups in total. The maximum atomic E-state index is 12.8. The molecule has 1 aliphatic heterocycles. The van der Waals surface area contributed by atoms with E-state index in [4.69, 9.17) is 4.74 Å². The third-order valence-electron chi connectivity index (χ3n) is 5.45. The van der Waals surface area contributed by atoms with Gasteiger partial charge < -0.3 is 15.4 Å². The Labute approximate surface area is 156 Å². The van der Waals surface area contributed by atoms with Gasteiger partial charge in [0.1, 0.15) is 0 Å². The Morgan fingerprint density at radius 2 is 2.31 bits per heavy atom. The van der Waals surface area contributed by atoms with Gasteiger partial charge in [-0.15, -0.1) is 0 Å². The van der Waals surface area contributed by atoms with Crippen LogP contribution in [0.1, 0.15) is 46.5 Å². The minimum atomic E-state index is -0.446. The molecule has 3 aliphatic rings. The number of nitrogens with one attached hydrogen (secondary N) is 2. The Kier molecular flexibility index (Phi) is 5.52. The summed E-state index contributed by atoms with van der Waals surface area (Å²) in [7, 11) is 0. The minimum Gasteiger partial charge on any atom is -0.382 e. The zero-order chi connectivity index (χ0) is 18.7. The highest BCUT2D eigenvalue weighted by molar-refractivity contribution is 5.79. The fourth-order valence-corrected chi connectivity index (χ4v) is 4.54. The maximum absolute atomic E-state index is 12.8. The second-order valence-corrected chi connectivity index (χ2v) is 7.37. The molecule has 0 saturated carbocycles. The number of carbonyl (C=O) groups is 1. The van der Waals surface area contributed by atoms with Gasteiger partial charge >= 0.3 is 0 Å². The van der Waals surface area contributed by atoms with Crippen molar-refractivity contribution in [3.63, 3.8) is 0 Å². The average Bonchev–Trinajstić information content (AvgIpc) is 2.57. The van der Waals surface area contributed by atoms with Gasteiger partial charge in [-0.3, -0.25) is 4.79 Å². The lowest BCUT2D eigenvalue weighted by Crippen LogP contribution is -2.57. The van der Waals surface area contributed by atoms with Crippen LogP contribution in [0.15, 0.2) is 59.0 Å². The number of dihydropyridines is 1. The Morgan fingerprint density at radius 3 is 3.04 bits per heavy atom. The monoisotopic (exact) mass is 354 g/mol. The topological polar surface area (TPSA) is 50.4 Å². The first kappa shape index (κ1) is 18.7. The molecular formula is C22H30N2O2. The molecular weight excluding hydrogens is 324 g/mol. The Balaban J connectivity index is 1.91. The molecule has 0 aromatic heterocycles. The van der Waals surface area contributed by atoms with Crippen LogP contribution in [-0.2, 0) is 9.53 Å². The lowest BCUT2D eigenvalue weighted by molar-refractivity contribution is -0.122. The van der Waals surface area contributed by atoms with Crippen LogP contribution in [0.5, 0.6) is 0 Å². The third-order valence-corrected chi connectivity index (χ3v) is 5.45. The number of carbonyl (C=O) groups excluding carboxylic acids is 1. The molecule has 140 valence electrons. The van der Waals surface area contributed by atoms with Crippen LogP contribution in [0.4, 0.5) is 0 Å². The van der Waals surface area contributed by atoms with E-state index in [0.29, 0.717) is 25.6 Å². The van der Waals surface area contributed by atoms with Crippen LogP contribution in [-0.4, -0.2) is 24.7 Å². The summed E-state index contributed by atoms with van der Waals surface area (Å²) >= 11 is 0. The Morgan fingerprint density at radius 1 is 1.50 bits per heavy atom. The van der Waals surface area contributed by atoms with E-state index in [0.717, 1.165) is 25.0 Å². The molecule has 1 amide bonds. The number of hydrogen-bond donors (Lipinski definition) is 2. The first-order chi connectivity index (χ1) is 12.5. The standard InChI is InChI=1S/C22H30N2O2/c1-5-18-17-12-15(3)14-22(18,24-21(25)8-7-11-26-6-2)19-10-9-16(4)23-20(19)13-17/h5,9-10,12,17,23H,4,6-8,11,13-14H2,1-3H3,(H,24,25)/b18-5+. The van der Waals surface area contributed by atoms with Gasteiger partial charge in [0.05, 0.1) is 5.54 Å². The van der Waals surface area contributed by atoms with Crippen LogP contribution < -0.4 is 10.6 Å². The van der Waals surface area contributed by atoms with E-state index in [-0.39, 0.29) is 5.91 Å². The van der Waals surface area contributed by atoms with Crippen LogP contribution >= 0.6 is 0 Å². The van der Waals surface area contributed by atoms with Gasteiger partial charge in [0.2, 0.25) is 5.91 Å². The molecule has 0 spiro atoms. The quantitative estimate of drug-likeness (QED) is 0.562. The van der Waals surface area contributed by atoms with Crippen molar-refractivity contribution >= 4 is 5.91 Å². The van der Waals surface area contributed by atoms with Gasteiger partial charge in [-0.1, -0.05) is 30.4 Å². The molecule has 4 heteroatoms. The maximum Gasteiger partial charge on any atom is 0.221 e. The van der Waals surface area contributed by atoms with Crippen molar-refractivity contribution in [2.75, 3.05) is 13.2 Å². The predicted octanol–water partition coefficient (Wildman–Crippen LogP) is 3.90. The molecule has 0 fully saturated rings. The molecule has 1 heterocycles. The molecule has 26 heavy (non-hydrogen) atoms. The summed E-state index contributed by atoms with van der Waals surface area (Å²) in [6.07, 6.45) is 11.6. The molecule has 2 atom stereocenters. The first-order valence-corrected chi connectivity index (χ1v) is 9.60. The molecule has 0 aromatic rings. The number of ether oxygens (including phenoxy) is 1. The molecule has 0 saturated heterocycles. The van der Waals surface area contributed by atoms with Crippen molar-refractivity contribution in [1.29, 1.82) is 0 Å². The molecule has 3 rings (SSSR count). The zero-order valence-corrected chi connectivity index (χ0v) is 16.2. The van der Waals surface area contributed by atoms with Gasteiger partial charge in [-0.05, 0) is 51.7 Å². The summed E-state index contributed by atoms with van der Waals surface area (Å²) in [5.41, 5.74) is 5.47. The van der Waals surface area contributed by atoms with Gasteiger partial charge in [-0.25, -0.2) is 0 Å². The summed E-state index contributed by atoms with van der Waals surface area (Å²) in [6, 6.07) is 0. The number of rotatable bonds is 6. The van der Waals surface area contributed by atoms with Crippen molar-refractivity contribution in [3.8, 4) is 0 Å². The van der Waals surface area contributed by atoms with Crippen molar-refractivity contribution in [2.24, 2.45) is 5.92 Å². The molecule has 0 radical (unpaired) electrons. The van der Waals surface area contributed by atoms with Crippen LogP contribution in [0.3, 0.4) is 0 Å². The van der Waals surface area contributed by atoms with Crippen LogP contribution in [0.2, 0.25) is 0 Å². The summed E-state index contributed by atoms with van der Waals surface area (Å²) in [5, 5.41) is 6.84. The average molecular weight is 354 g/mol. The summed E-state index contributed by atoms with van der Waals surface area (Å²) < 4.78 is 5.37. The predicted molar refractivity (Wildman–Crippen MR) is 105 cm³/mol. The van der Waals surface area contributed by atoms with Gasteiger partial charge in [0.15, 0.2) is 0 Å². The highest BCUT2D eigenvalue weighted by Gasteiger charge is 2.48. The van der Waals surface area contributed by atoms with Gasteiger partial charge in [0, 0.05) is 42.5 Å². The third kappa shape index (κ3) is 3.43. The molecule has 2 bridgehead atoms. The van der Waals surface area contributed by atoms with E-state index in [9.17, 15) is 4.79 Å². The molecule has 4 nitrogen and oxygen atoms in total. The normalized spacial score (nSPS) is 28.6. The van der Waals surface area contributed by atoms with Gasteiger partial charge in [-0.2, -0.15) is 0 Å². The van der Waals surface area contributed by atoms with E-state index in [2.05, 4.69) is 49.3 Å². The van der Waals surface area contributed by atoms with Crippen molar-refractivity contribution in [3.05, 3.63) is 59.0 Å². The fraction of sp³-hybridized carbons (Fsp3) is 0.500. The van der Waals surface area contributed by atoms with Crippen LogP contribution in [0.25, 0.3) is 0 Å². The fourth-order valence-electron chi connectivity index (χ4n) is 4.54. The lowest BCUT2D eigenvalue weighted by Gasteiger charge is -2.49. The zero-order valence-electron chi connectivity index (χ0n) is 16.2. The van der Waals surface area contributed by atoms with Gasteiger partial charge in [0.25, 0.3) is 0 Å². The highest BCUT2D eigenvalue weighted by Crippen LogP contribution is 2.49. The number of hydrogen-bond acceptors (Lipinski definition) is 3. The van der Waals surface area contributed by atoms with Crippen molar-refractivity contribution < 1.29 is 9.53 Å². The van der Waals surface area contributed by atoms with Crippen molar-refractivity contribution in [1.82, 2.24) is 10.6 Å². The smallest absolute Gasteiger partial charge is 0.221 e. The Bertz CT molecular complexity index is 726. The SMILES string of the molecule is C=C1C=CC2=C(CC3C=C(C)CC2(NC(=O)CCCOCC)/C3=C/C)N1. The first-order valence-electron chi connectivity index (χ1n) is 9.60. The van der Waals surface area contributed by atoms with E-state index in [1.807, 2.05) is 13.0 Å².